The zero-order valence-corrected chi connectivity index (χ0v) is 17.2. The summed E-state index contributed by atoms with van der Waals surface area (Å²) in [5, 5.41) is 14.1. The van der Waals surface area contributed by atoms with Gasteiger partial charge in [0.2, 0.25) is 5.91 Å². The molecule has 11 heteroatoms. The third-order valence-corrected chi connectivity index (χ3v) is 5.95. The van der Waals surface area contributed by atoms with Crippen LogP contribution < -0.4 is 5.32 Å². The number of carbonyl (C=O) groups is 2. The van der Waals surface area contributed by atoms with E-state index < -0.39 is 5.97 Å². The molecule has 8 nitrogen and oxygen atoms in total. The number of thioether (sulfide) groups is 1. The Labute approximate surface area is 167 Å². The predicted molar refractivity (Wildman–Crippen MR) is 105 cm³/mol. The van der Waals surface area contributed by atoms with Gasteiger partial charge in [0.1, 0.15) is 9.88 Å². The molecule has 0 aliphatic carbocycles. The zero-order valence-electron chi connectivity index (χ0n) is 14.8. The largest absolute Gasteiger partial charge is 0.462 e. The molecule has 0 fully saturated rings. The maximum atomic E-state index is 12.2. The number of hydrogen-bond acceptors (Lipinski definition) is 10. The number of thiazole rings is 1. The van der Waals surface area contributed by atoms with Gasteiger partial charge in [0.05, 0.1) is 28.6 Å². The highest BCUT2D eigenvalue weighted by Crippen LogP contribution is 2.30. The topological polar surface area (TPSA) is 107 Å². The number of hydrogen-bond donors (Lipinski definition) is 1. The maximum Gasteiger partial charge on any atom is 0.341 e. The van der Waals surface area contributed by atoms with Gasteiger partial charge in [-0.2, -0.15) is 0 Å². The van der Waals surface area contributed by atoms with Crippen molar-refractivity contribution in [2.24, 2.45) is 0 Å². The van der Waals surface area contributed by atoms with Crippen molar-refractivity contribution in [2.75, 3.05) is 17.7 Å². The second-order valence-corrected chi connectivity index (χ2v) is 8.29. The van der Waals surface area contributed by atoms with Crippen molar-refractivity contribution in [3.63, 3.8) is 0 Å². The lowest BCUT2D eigenvalue weighted by Gasteiger charge is -2.05. The van der Waals surface area contributed by atoms with Crippen LogP contribution in [0, 0.1) is 13.8 Å². The first-order chi connectivity index (χ1) is 13.0. The van der Waals surface area contributed by atoms with E-state index in [4.69, 9.17) is 9.15 Å². The lowest BCUT2D eigenvalue weighted by atomic mass is 10.3. The number of anilines is 1. The van der Waals surface area contributed by atoms with E-state index in [0.29, 0.717) is 21.7 Å². The van der Waals surface area contributed by atoms with Crippen LogP contribution >= 0.6 is 34.4 Å². The average Bonchev–Trinajstić information content (AvgIpc) is 3.33. The molecular weight excluding hydrogens is 408 g/mol. The third kappa shape index (κ3) is 4.73. The minimum Gasteiger partial charge on any atom is -0.462 e. The van der Waals surface area contributed by atoms with E-state index in [1.54, 1.807) is 18.4 Å². The standard InChI is InChI=1S/C16H16N4O4S3/c1-4-23-15(22)10-5-6-25-14(10)18-11(21)7-26-16-20-19-13(24-16)12-8(2)17-9(3)27-12/h5-6H,4,7H2,1-3H3,(H,18,21). The first-order valence-electron chi connectivity index (χ1n) is 7.93. The molecule has 0 aromatic carbocycles. The molecule has 1 amide bonds. The third-order valence-electron chi connectivity index (χ3n) is 3.24. The van der Waals surface area contributed by atoms with Crippen molar-refractivity contribution in [2.45, 2.75) is 26.0 Å². The van der Waals surface area contributed by atoms with E-state index in [1.807, 2.05) is 13.8 Å². The van der Waals surface area contributed by atoms with E-state index >= 15 is 0 Å². The summed E-state index contributed by atoms with van der Waals surface area (Å²) in [6.45, 7) is 5.79. The summed E-state index contributed by atoms with van der Waals surface area (Å²) >= 11 is 3.86. The number of esters is 1. The number of amides is 1. The molecule has 0 aliphatic rings. The normalized spacial score (nSPS) is 10.8. The molecule has 3 heterocycles. The number of carbonyl (C=O) groups excluding carboxylic acids is 2. The Morgan fingerprint density at radius 3 is 2.85 bits per heavy atom. The van der Waals surface area contributed by atoms with Gasteiger partial charge in [-0.3, -0.25) is 4.79 Å². The van der Waals surface area contributed by atoms with Crippen LogP contribution in [0.4, 0.5) is 5.00 Å². The van der Waals surface area contributed by atoms with Crippen LogP contribution in [-0.4, -0.2) is 39.4 Å². The number of aryl methyl sites for hydroxylation is 2. The number of nitrogens with zero attached hydrogens (tertiary/aromatic N) is 3. The maximum absolute atomic E-state index is 12.2. The molecule has 3 rings (SSSR count). The minimum absolute atomic E-state index is 0.0719. The van der Waals surface area contributed by atoms with Crippen LogP contribution in [0.3, 0.4) is 0 Å². The molecule has 0 saturated heterocycles. The number of thiophene rings is 1. The quantitative estimate of drug-likeness (QED) is 0.451. The Bertz CT molecular complexity index is 963. The van der Waals surface area contributed by atoms with Gasteiger partial charge in [0.25, 0.3) is 11.1 Å². The molecule has 0 aliphatic heterocycles. The van der Waals surface area contributed by atoms with Crippen LogP contribution in [0.25, 0.3) is 10.8 Å². The van der Waals surface area contributed by atoms with E-state index in [1.165, 1.54) is 22.7 Å². The smallest absolute Gasteiger partial charge is 0.341 e. The van der Waals surface area contributed by atoms with Crippen molar-refractivity contribution in [3.05, 3.63) is 27.7 Å². The van der Waals surface area contributed by atoms with Crippen molar-refractivity contribution < 1.29 is 18.7 Å². The summed E-state index contributed by atoms with van der Waals surface area (Å²) in [6.07, 6.45) is 0. The summed E-state index contributed by atoms with van der Waals surface area (Å²) in [7, 11) is 0. The molecule has 0 radical (unpaired) electrons. The van der Waals surface area contributed by atoms with Gasteiger partial charge >= 0.3 is 5.97 Å². The summed E-state index contributed by atoms with van der Waals surface area (Å²) in [5.74, 6) is -0.275. The predicted octanol–water partition coefficient (Wildman–Crippen LogP) is 3.78. The van der Waals surface area contributed by atoms with Crippen molar-refractivity contribution >= 4 is 51.3 Å². The minimum atomic E-state index is -0.460. The average molecular weight is 425 g/mol. The Balaban J connectivity index is 1.58. The second-order valence-electron chi connectivity index (χ2n) is 5.24. The molecule has 142 valence electrons. The fourth-order valence-corrected chi connectivity index (χ4v) is 4.35. The first kappa shape index (κ1) is 19.5. The summed E-state index contributed by atoms with van der Waals surface area (Å²) < 4.78 is 10.6. The summed E-state index contributed by atoms with van der Waals surface area (Å²) in [5.41, 5.74) is 1.18. The lowest BCUT2D eigenvalue weighted by molar-refractivity contribution is -0.113. The molecule has 0 bridgehead atoms. The van der Waals surface area contributed by atoms with Gasteiger partial charge in [-0.25, -0.2) is 9.78 Å². The van der Waals surface area contributed by atoms with E-state index in [9.17, 15) is 9.59 Å². The second kappa shape index (κ2) is 8.63. The number of rotatable bonds is 7. The van der Waals surface area contributed by atoms with Crippen molar-refractivity contribution in [1.29, 1.82) is 0 Å². The molecule has 3 aromatic rings. The number of nitrogens with one attached hydrogen (secondary N) is 1. The Morgan fingerprint density at radius 1 is 1.33 bits per heavy atom. The SMILES string of the molecule is CCOC(=O)c1ccsc1NC(=O)CSc1nnc(-c2sc(C)nc2C)o1. The van der Waals surface area contributed by atoms with Gasteiger partial charge in [-0.15, -0.1) is 32.9 Å². The number of aromatic nitrogens is 3. The van der Waals surface area contributed by atoms with Crippen LogP contribution in [0.5, 0.6) is 0 Å². The van der Waals surface area contributed by atoms with Crippen LogP contribution in [0.15, 0.2) is 21.1 Å². The fourth-order valence-electron chi connectivity index (χ4n) is 2.16. The molecule has 3 aromatic heterocycles. The molecule has 0 spiro atoms. The van der Waals surface area contributed by atoms with Crippen molar-refractivity contribution in [1.82, 2.24) is 15.2 Å². The Morgan fingerprint density at radius 2 is 2.15 bits per heavy atom. The molecule has 27 heavy (non-hydrogen) atoms. The van der Waals surface area contributed by atoms with Crippen LogP contribution in [-0.2, 0) is 9.53 Å². The fraction of sp³-hybridized carbons (Fsp3) is 0.312. The molecular formula is C16H16N4O4S3. The summed E-state index contributed by atoms with van der Waals surface area (Å²) in [6, 6.07) is 1.62. The molecule has 1 N–H and O–H groups in total. The summed E-state index contributed by atoms with van der Waals surface area (Å²) in [4.78, 5) is 29.2. The molecule has 0 saturated carbocycles. The first-order valence-corrected chi connectivity index (χ1v) is 10.6. The molecule has 0 unspecified atom stereocenters. The van der Waals surface area contributed by atoms with Gasteiger partial charge in [0, 0.05) is 0 Å². The molecule has 0 atom stereocenters. The van der Waals surface area contributed by atoms with E-state index in [2.05, 4.69) is 20.5 Å². The highest BCUT2D eigenvalue weighted by molar-refractivity contribution is 7.99. The zero-order chi connectivity index (χ0) is 19.4. The van der Waals surface area contributed by atoms with E-state index in [-0.39, 0.29) is 18.3 Å². The van der Waals surface area contributed by atoms with Crippen LogP contribution in [0.1, 0.15) is 28.0 Å². The monoisotopic (exact) mass is 424 g/mol. The Hall–Kier alpha value is -2.24. The highest BCUT2D eigenvalue weighted by atomic mass is 32.2. The van der Waals surface area contributed by atoms with Gasteiger partial charge < -0.3 is 14.5 Å². The van der Waals surface area contributed by atoms with Crippen molar-refractivity contribution in [3.8, 4) is 10.8 Å². The van der Waals surface area contributed by atoms with Gasteiger partial charge in [-0.1, -0.05) is 11.8 Å². The number of ether oxygens (including phenoxy) is 1. The van der Waals surface area contributed by atoms with Gasteiger partial charge in [0.15, 0.2) is 0 Å². The van der Waals surface area contributed by atoms with Gasteiger partial charge in [-0.05, 0) is 32.2 Å². The van der Waals surface area contributed by atoms with E-state index in [0.717, 1.165) is 27.3 Å². The lowest BCUT2D eigenvalue weighted by Crippen LogP contribution is -2.15. The Kier molecular flexibility index (Phi) is 6.24. The highest BCUT2D eigenvalue weighted by Gasteiger charge is 2.18. The van der Waals surface area contributed by atoms with Crippen LogP contribution in [0.2, 0.25) is 0 Å².